The normalized spacial score (nSPS) is 25.5. The van der Waals surface area contributed by atoms with Crippen LogP contribution >= 0.6 is 24.0 Å². The molecule has 0 spiro atoms. The number of amides is 2. The monoisotopic (exact) mass is 399 g/mol. The van der Waals surface area contributed by atoms with Gasteiger partial charge in [0, 0.05) is 30.2 Å². The van der Waals surface area contributed by atoms with Crippen molar-refractivity contribution >= 4 is 41.5 Å². The number of benzene rings is 1. The average Bonchev–Trinajstić information content (AvgIpc) is 3.01. The van der Waals surface area contributed by atoms with Gasteiger partial charge in [0.2, 0.25) is 5.91 Å². The number of piperidine rings is 1. The first-order chi connectivity index (χ1) is 12.0. The molecule has 144 valence electrons. The molecule has 1 aliphatic carbocycles. The second kappa shape index (κ2) is 9.07. The van der Waals surface area contributed by atoms with Gasteiger partial charge in [-0.2, -0.15) is 0 Å². The van der Waals surface area contributed by atoms with Crippen molar-refractivity contribution in [3.05, 3.63) is 28.8 Å². The zero-order valence-electron chi connectivity index (χ0n) is 15.0. The van der Waals surface area contributed by atoms with E-state index in [1.165, 1.54) is 0 Å². The van der Waals surface area contributed by atoms with Gasteiger partial charge >= 0.3 is 0 Å². The van der Waals surface area contributed by atoms with Gasteiger partial charge < -0.3 is 16.0 Å². The molecule has 26 heavy (non-hydrogen) atoms. The van der Waals surface area contributed by atoms with E-state index in [0.717, 1.165) is 45.1 Å². The molecule has 1 saturated carbocycles. The third-order valence-corrected chi connectivity index (χ3v) is 5.69. The Balaban J connectivity index is 0.00000243. The van der Waals surface area contributed by atoms with Crippen LogP contribution in [0.1, 0.15) is 55.8 Å². The van der Waals surface area contributed by atoms with E-state index in [9.17, 15) is 9.59 Å². The van der Waals surface area contributed by atoms with Gasteiger partial charge in [0.15, 0.2) is 0 Å². The quantitative estimate of drug-likeness (QED) is 0.810. The highest BCUT2D eigenvalue weighted by molar-refractivity contribution is 6.34. The van der Waals surface area contributed by atoms with Crippen LogP contribution in [0.25, 0.3) is 0 Å². The van der Waals surface area contributed by atoms with Crippen LogP contribution in [0.3, 0.4) is 0 Å². The molecule has 3 rings (SSSR count). The van der Waals surface area contributed by atoms with Gasteiger partial charge in [0.1, 0.15) is 0 Å². The van der Waals surface area contributed by atoms with Gasteiger partial charge in [-0.15, -0.1) is 12.4 Å². The molecule has 1 saturated heterocycles. The molecule has 1 aliphatic heterocycles. The van der Waals surface area contributed by atoms with Crippen molar-refractivity contribution in [1.29, 1.82) is 0 Å². The highest BCUT2D eigenvalue weighted by atomic mass is 35.5. The minimum atomic E-state index is -0.0377. The summed E-state index contributed by atoms with van der Waals surface area (Å²) in [6.07, 6.45) is 5.66. The fourth-order valence-electron chi connectivity index (χ4n) is 3.82. The van der Waals surface area contributed by atoms with Crippen LogP contribution in [0.5, 0.6) is 0 Å². The first kappa shape index (κ1) is 21.0. The molecular formula is C19H27Cl2N3O2. The molecule has 5 nitrogen and oxygen atoms in total. The van der Waals surface area contributed by atoms with Crippen LogP contribution in [0, 0.1) is 5.92 Å². The molecule has 0 bridgehead atoms. The SMILES string of the molecule is CC1CCCCN1C(=O)c1ccc(NC(=O)C2CCC(N)C2)cc1Cl.Cl. The highest BCUT2D eigenvalue weighted by Gasteiger charge is 2.28. The number of anilines is 1. The third-order valence-electron chi connectivity index (χ3n) is 5.37. The van der Waals surface area contributed by atoms with Crippen LogP contribution in [-0.2, 0) is 4.79 Å². The van der Waals surface area contributed by atoms with Crippen molar-refractivity contribution < 1.29 is 9.59 Å². The molecule has 3 atom stereocenters. The molecule has 3 N–H and O–H groups in total. The number of nitrogens with two attached hydrogens (primary N) is 1. The Morgan fingerprint density at radius 3 is 2.62 bits per heavy atom. The smallest absolute Gasteiger partial charge is 0.255 e. The Bertz CT molecular complexity index is 668. The Labute approximate surface area is 166 Å². The number of halogens is 2. The van der Waals surface area contributed by atoms with Crippen LogP contribution < -0.4 is 11.1 Å². The maximum absolute atomic E-state index is 12.7. The van der Waals surface area contributed by atoms with E-state index in [1.807, 2.05) is 4.90 Å². The van der Waals surface area contributed by atoms with Crippen LogP contribution in [-0.4, -0.2) is 35.3 Å². The van der Waals surface area contributed by atoms with Gasteiger partial charge in [-0.05, 0) is 63.6 Å². The number of hydrogen-bond donors (Lipinski definition) is 2. The summed E-state index contributed by atoms with van der Waals surface area (Å²) in [6, 6.07) is 5.48. The van der Waals surface area contributed by atoms with Crippen molar-refractivity contribution in [3.63, 3.8) is 0 Å². The molecule has 2 amide bonds. The number of nitrogens with zero attached hydrogens (tertiary/aromatic N) is 1. The molecule has 0 aromatic heterocycles. The molecule has 1 aromatic carbocycles. The van der Waals surface area contributed by atoms with Crippen molar-refractivity contribution in [2.24, 2.45) is 11.7 Å². The highest BCUT2D eigenvalue weighted by Crippen LogP contribution is 2.28. The van der Waals surface area contributed by atoms with Gasteiger partial charge in [-0.25, -0.2) is 0 Å². The predicted octanol–water partition coefficient (Wildman–Crippen LogP) is 3.84. The number of rotatable bonds is 3. The number of nitrogens with one attached hydrogen (secondary N) is 1. The zero-order chi connectivity index (χ0) is 18.0. The first-order valence-electron chi connectivity index (χ1n) is 9.12. The lowest BCUT2D eigenvalue weighted by Crippen LogP contribution is -2.42. The largest absolute Gasteiger partial charge is 0.336 e. The van der Waals surface area contributed by atoms with Crippen LogP contribution in [0.15, 0.2) is 18.2 Å². The summed E-state index contributed by atoms with van der Waals surface area (Å²) in [6.45, 7) is 2.85. The summed E-state index contributed by atoms with van der Waals surface area (Å²) in [4.78, 5) is 26.9. The molecule has 0 radical (unpaired) electrons. The second-order valence-corrected chi connectivity index (χ2v) is 7.70. The molecule has 2 aliphatic rings. The fraction of sp³-hybridized carbons (Fsp3) is 0.579. The van der Waals surface area contributed by atoms with E-state index < -0.39 is 0 Å². The Kier molecular flexibility index (Phi) is 7.33. The molecule has 1 aromatic rings. The maximum Gasteiger partial charge on any atom is 0.255 e. The Hall–Kier alpha value is -1.30. The summed E-state index contributed by atoms with van der Waals surface area (Å²) in [7, 11) is 0. The van der Waals surface area contributed by atoms with Crippen molar-refractivity contribution in [2.45, 2.75) is 57.5 Å². The second-order valence-electron chi connectivity index (χ2n) is 7.30. The third kappa shape index (κ3) is 4.70. The van der Waals surface area contributed by atoms with E-state index in [-0.39, 0.29) is 42.2 Å². The lowest BCUT2D eigenvalue weighted by Gasteiger charge is -2.33. The van der Waals surface area contributed by atoms with Crippen molar-refractivity contribution in [1.82, 2.24) is 4.90 Å². The van der Waals surface area contributed by atoms with E-state index in [2.05, 4.69) is 12.2 Å². The number of hydrogen-bond acceptors (Lipinski definition) is 3. The standard InChI is InChI=1S/C19H26ClN3O2.ClH/c1-12-4-2-3-9-23(12)19(25)16-8-7-15(11-17(16)20)22-18(24)13-5-6-14(21)10-13;/h7-8,11-14H,2-6,9-10,21H2,1H3,(H,22,24);1H. The van der Waals surface area contributed by atoms with Crippen LogP contribution in [0.4, 0.5) is 5.69 Å². The summed E-state index contributed by atoms with van der Waals surface area (Å²) in [5.41, 5.74) is 6.99. The number of likely N-dealkylation sites (tertiary alicyclic amines) is 1. The van der Waals surface area contributed by atoms with Gasteiger partial charge in [0.05, 0.1) is 10.6 Å². The van der Waals surface area contributed by atoms with Gasteiger partial charge in [-0.1, -0.05) is 11.6 Å². The Morgan fingerprint density at radius 1 is 1.23 bits per heavy atom. The summed E-state index contributed by atoms with van der Waals surface area (Å²) >= 11 is 6.34. The van der Waals surface area contributed by atoms with E-state index in [0.29, 0.717) is 16.3 Å². The van der Waals surface area contributed by atoms with Gasteiger partial charge in [0.25, 0.3) is 5.91 Å². The topological polar surface area (TPSA) is 75.4 Å². The Morgan fingerprint density at radius 2 is 2.00 bits per heavy atom. The average molecular weight is 400 g/mol. The van der Waals surface area contributed by atoms with Crippen LogP contribution in [0.2, 0.25) is 5.02 Å². The number of carbonyl (C=O) groups is 2. The van der Waals surface area contributed by atoms with Crippen molar-refractivity contribution in [3.8, 4) is 0 Å². The lowest BCUT2D eigenvalue weighted by atomic mass is 10.0. The molecule has 2 fully saturated rings. The molecule has 7 heteroatoms. The van der Waals surface area contributed by atoms with E-state index >= 15 is 0 Å². The molecular weight excluding hydrogens is 373 g/mol. The zero-order valence-corrected chi connectivity index (χ0v) is 16.6. The fourth-order valence-corrected chi connectivity index (χ4v) is 4.08. The van der Waals surface area contributed by atoms with Gasteiger partial charge in [-0.3, -0.25) is 9.59 Å². The van der Waals surface area contributed by atoms with E-state index in [4.69, 9.17) is 17.3 Å². The summed E-state index contributed by atoms with van der Waals surface area (Å²) in [5.74, 6) is -0.0890. The maximum atomic E-state index is 12.7. The molecule has 1 heterocycles. The lowest BCUT2D eigenvalue weighted by molar-refractivity contribution is -0.119. The van der Waals surface area contributed by atoms with E-state index in [1.54, 1.807) is 18.2 Å². The minimum Gasteiger partial charge on any atom is -0.336 e. The summed E-state index contributed by atoms with van der Waals surface area (Å²) < 4.78 is 0. The predicted molar refractivity (Wildman–Crippen MR) is 107 cm³/mol. The minimum absolute atomic E-state index is 0. The summed E-state index contributed by atoms with van der Waals surface area (Å²) in [5, 5.41) is 3.27. The molecule has 3 unspecified atom stereocenters. The van der Waals surface area contributed by atoms with Crippen molar-refractivity contribution in [2.75, 3.05) is 11.9 Å². The first-order valence-corrected chi connectivity index (χ1v) is 9.50. The number of carbonyl (C=O) groups excluding carboxylic acids is 2.